The van der Waals surface area contributed by atoms with Gasteiger partial charge < -0.3 is 15.4 Å². The van der Waals surface area contributed by atoms with E-state index in [2.05, 4.69) is 28.8 Å². The molecule has 70 valence electrons. The summed E-state index contributed by atoms with van der Waals surface area (Å²) in [5.41, 5.74) is 2.36. The number of ether oxygens (including phenoxy) is 1. The molecule has 1 aliphatic heterocycles. The van der Waals surface area contributed by atoms with Crippen molar-refractivity contribution in [2.45, 2.75) is 6.54 Å². The zero-order chi connectivity index (χ0) is 9.10. The molecule has 0 bridgehead atoms. The Morgan fingerprint density at radius 2 is 2.46 bits per heavy atom. The summed E-state index contributed by atoms with van der Waals surface area (Å²) in [5.74, 6) is 0.971. The van der Waals surface area contributed by atoms with Crippen molar-refractivity contribution in [3.8, 4) is 5.75 Å². The Morgan fingerprint density at radius 3 is 3.31 bits per heavy atom. The first-order valence-corrected chi connectivity index (χ1v) is 4.54. The minimum atomic E-state index is 0.760. The number of rotatable bonds is 2. The van der Waals surface area contributed by atoms with Crippen LogP contribution in [0, 0.1) is 0 Å². The quantitative estimate of drug-likeness (QED) is 0.714. The molecule has 0 saturated heterocycles. The molecule has 0 aromatic heterocycles. The van der Waals surface area contributed by atoms with E-state index in [0.29, 0.717) is 0 Å². The minimum absolute atomic E-state index is 0.760. The zero-order valence-corrected chi connectivity index (χ0v) is 7.76. The van der Waals surface area contributed by atoms with Gasteiger partial charge in [-0.25, -0.2) is 0 Å². The molecular formula is C10H14N2O. The summed E-state index contributed by atoms with van der Waals surface area (Å²) in [6.45, 7) is 2.55. The van der Waals surface area contributed by atoms with Crippen molar-refractivity contribution in [3.05, 3.63) is 23.8 Å². The van der Waals surface area contributed by atoms with Crippen LogP contribution in [0.5, 0.6) is 5.75 Å². The molecule has 0 atom stereocenters. The van der Waals surface area contributed by atoms with Crippen LogP contribution in [0.25, 0.3) is 0 Å². The summed E-state index contributed by atoms with van der Waals surface area (Å²) in [6.07, 6.45) is 0. The molecular weight excluding hydrogens is 164 g/mol. The van der Waals surface area contributed by atoms with Gasteiger partial charge in [0, 0.05) is 13.1 Å². The topological polar surface area (TPSA) is 33.3 Å². The number of nitrogens with one attached hydrogen (secondary N) is 2. The lowest BCUT2D eigenvalue weighted by molar-refractivity contribution is 0.323. The van der Waals surface area contributed by atoms with E-state index in [1.54, 1.807) is 0 Å². The van der Waals surface area contributed by atoms with Crippen molar-refractivity contribution in [2.24, 2.45) is 0 Å². The van der Waals surface area contributed by atoms with Gasteiger partial charge in [0.2, 0.25) is 0 Å². The predicted octanol–water partition coefficient (Wildman–Crippen LogP) is 1.21. The van der Waals surface area contributed by atoms with E-state index in [9.17, 15) is 0 Å². The van der Waals surface area contributed by atoms with E-state index in [0.717, 1.165) is 31.1 Å². The van der Waals surface area contributed by atoms with Crippen molar-refractivity contribution in [2.75, 3.05) is 25.5 Å². The number of fused-ring (bicyclic) bond motifs is 1. The molecule has 1 heterocycles. The number of benzene rings is 1. The van der Waals surface area contributed by atoms with Crippen molar-refractivity contribution >= 4 is 5.69 Å². The van der Waals surface area contributed by atoms with Crippen LogP contribution in [-0.4, -0.2) is 20.2 Å². The molecule has 0 aliphatic carbocycles. The molecule has 2 N–H and O–H groups in total. The van der Waals surface area contributed by atoms with E-state index >= 15 is 0 Å². The average molecular weight is 178 g/mol. The Labute approximate surface area is 78.1 Å². The molecule has 0 fully saturated rings. The van der Waals surface area contributed by atoms with Gasteiger partial charge in [0.25, 0.3) is 0 Å². The highest BCUT2D eigenvalue weighted by atomic mass is 16.5. The fourth-order valence-electron chi connectivity index (χ4n) is 1.49. The third kappa shape index (κ3) is 1.75. The maximum Gasteiger partial charge on any atom is 0.142 e. The van der Waals surface area contributed by atoms with Gasteiger partial charge in [-0.05, 0) is 24.7 Å². The third-order valence-electron chi connectivity index (χ3n) is 2.10. The normalized spacial score (nSPS) is 14.2. The second-order valence-electron chi connectivity index (χ2n) is 3.14. The Morgan fingerprint density at radius 1 is 1.54 bits per heavy atom. The van der Waals surface area contributed by atoms with Gasteiger partial charge in [0.1, 0.15) is 12.4 Å². The lowest BCUT2D eigenvalue weighted by Crippen LogP contribution is -2.18. The molecule has 0 unspecified atom stereocenters. The van der Waals surface area contributed by atoms with Crippen LogP contribution in [0.4, 0.5) is 5.69 Å². The van der Waals surface area contributed by atoms with Crippen LogP contribution in [0.1, 0.15) is 5.56 Å². The third-order valence-corrected chi connectivity index (χ3v) is 2.10. The Bertz CT molecular complexity index is 299. The van der Waals surface area contributed by atoms with Gasteiger partial charge in [-0.2, -0.15) is 0 Å². The minimum Gasteiger partial charge on any atom is -0.490 e. The van der Waals surface area contributed by atoms with Crippen LogP contribution < -0.4 is 15.4 Å². The van der Waals surface area contributed by atoms with Crippen LogP contribution in [0.15, 0.2) is 18.2 Å². The molecule has 1 aromatic rings. The fraction of sp³-hybridized carbons (Fsp3) is 0.400. The molecule has 0 radical (unpaired) electrons. The van der Waals surface area contributed by atoms with Gasteiger partial charge in [0.15, 0.2) is 0 Å². The molecule has 2 rings (SSSR count). The van der Waals surface area contributed by atoms with Gasteiger partial charge >= 0.3 is 0 Å². The Balaban J connectivity index is 2.24. The van der Waals surface area contributed by atoms with E-state index in [-0.39, 0.29) is 0 Å². The molecule has 1 aliphatic rings. The predicted molar refractivity (Wildman–Crippen MR) is 53.2 cm³/mol. The SMILES string of the molecule is CNCc1ccc2c(c1)OCCN2. The molecule has 0 amide bonds. The fourth-order valence-corrected chi connectivity index (χ4v) is 1.49. The van der Waals surface area contributed by atoms with Crippen LogP contribution in [0.2, 0.25) is 0 Å². The first-order chi connectivity index (χ1) is 6.40. The first-order valence-electron chi connectivity index (χ1n) is 4.54. The van der Waals surface area contributed by atoms with Crippen LogP contribution in [0.3, 0.4) is 0 Å². The highest BCUT2D eigenvalue weighted by Gasteiger charge is 2.08. The average Bonchev–Trinajstić information content (AvgIpc) is 2.18. The lowest BCUT2D eigenvalue weighted by atomic mass is 10.1. The van der Waals surface area contributed by atoms with E-state index in [1.165, 1.54) is 5.56 Å². The van der Waals surface area contributed by atoms with Crippen molar-refractivity contribution in [1.82, 2.24) is 5.32 Å². The molecule has 3 heteroatoms. The monoisotopic (exact) mass is 178 g/mol. The van der Waals surface area contributed by atoms with Gasteiger partial charge in [-0.3, -0.25) is 0 Å². The van der Waals surface area contributed by atoms with E-state index < -0.39 is 0 Å². The van der Waals surface area contributed by atoms with E-state index in [1.807, 2.05) is 7.05 Å². The van der Waals surface area contributed by atoms with Gasteiger partial charge in [-0.15, -0.1) is 0 Å². The molecule has 13 heavy (non-hydrogen) atoms. The smallest absolute Gasteiger partial charge is 0.142 e. The van der Waals surface area contributed by atoms with Crippen molar-refractivity contribution in [1.29, 1.82) is 0 Å². The zero-order valence-electron chi connectivity index (χ0n) is 7.76. The van der Waals surface area contributed by atoms with Crippen LogP contribution >= 0.6 is 0 Å². The largest absolute Gasteiger partial charge is 0.490 e. The highest BCUT2D eigenvalue weighted by molar-refractivity contribution is 5.58. The maximum absolute atomic E-state index is 5.52. The van der Waals surface area contributed by atoms with Crippen molar-refractivity contribution < 1.29 is 4.74 Å². The number of hydrogen-bond donors (Lipinski definition) is 2. The Kier molecular flexibility index (Phi) is 2.36. The molecule has 1 aromatic carbocycles. The number of anilines is 1. The summed E-state index contributed by atoms with van der Waals surface area (Å²) < 4.78 is 5.52. The highest BCUT2D eigenvalue weighted by Crippen LogP contribution is 2.27. The summed E-state index contributed by atoms with van der Waals surface area (Å²) in [7, 11) is 1.94. The van der Waals surface area contributed by atoms with Gasteiger partial charge in [-0.1, -0.05) is 6.07 Å². The van der Waals surface area contributed by atoms with E-state index in [4.69, 9.17) is 4.74 Å². The molecule has 0 spiro atoms. The summed E-state index contributed by atoms with van der Waals surface area (Å²) in [5, 5.41) is 6.40. The number of hydrogen-bond acceptors (Lipinski definition) is 3. The standard InChI is InChI=1S/C10H14N2O/c1-11-7-8-2-3-9-10(6-8)13-5-4-12-9/h2-3,6,11-12H,4-5,7H2,1H3. The summed E-state index contributed by atoms with van der Waals surface area (Å²) in [6, 6.07) is 6.26. The lowest BCUT2D eigenvalue weighted by Gasteiger charge is -2.19. The van der Waals surface area contributed by atoms with Crippen LogP contribution in [-0.2, 0) is 6.54 Å². The summed E-state index contributed by atoms with van der Waals surface area (Å²) >= 11 is 0. The summed E-state index contributed by atoms with van der Waals surface area (Å²) in [4.78, 5) is 0. The van der Waals surface area contributed by atoms with Gasteiger partial charge in [0.05, 0.1) is 5.69 Å². The second-order valence-corrected chi connectivity index (χ2v) is 3.14. The maximum atomic E-state index is 5.52. The first kappa shape index (κ1) is 8.38. The molecule has 0 saturated carbocycles. The van der Waals surface area contributed by atoms with Crippen molar-refractivity contribution in [3.63, 3.8) is 0 Å². The Hall–Kier alpha value is -1.22. The molecule has 3 nitrogen and oxygen atoms in total. The second kappa shape index (κ2) is 3.66.